The van der Waals surface area contributed by atoms with E-state index in [1.54, 1.807) is 13.0 Å². The molecule has 3 heterocycles. The zero-order valence-corrected chi connectivity index (χ0v) is 21.2. The summed E-state index contributed by atoms with van der Waals surface area (Å²) >= 11 is 1.47. The van der Waals surface area contributed by atoms with Crippen LogP contribution in [-0.2, 0) is 16.2 Å². The van der Waals surface area contributed by atoms with Crippen molar-refractivity contribution >= 4 is 11.5 Å². The lowest BCUT2D eigenvalue weighted by Gasteiger charge is -2.11. The van der Waals surface area contributed by atoms with Crippen LogP contribution in [0.25, 0.3) is 0 Å². The van der Waals surface area contributed by atoms with Gasteiger partial charge in [0.1, 0.15) is 10.8 Å². The molecule has 0 atom stereocenters. The van der Waals surface area contributed by atoms with Crippen LogP contribution in [0.5, 0.6) is 0 Å². The van der Waals surface area contributed by atoms with Gasteiger partial charge in [0.2, 0.25) is 11.8 Å². The van der Waals surface area contributed by atoms with E-state index in [0.29, 0.717) is 11.8 Å². The SMILES string of the molecule is CC(C)(C)c1nnc(C#N)o1.Cc1nc(C(C)(C)C)no1.Cc1nc(C(C)(C)C)ns1. The predicted molar refractivity (Wildman–Crippen MR) is 119 cm³/mol. The van der Waals surface area contributed by atoms with Gasteiger partial charge in [0.15, 0.2) is 11.9 Å². The van der Waals surface area contributed by atoms with E-state index < -0.39 is 0 Å². The molecule has 0 N–H and O–H groups in total. The summed E-state index contributed by atoms with van der Waals surface area (Å²) in [6, 6.07) is 1.78. The molecular weight excluding hydrogens is 414 g/mol. The van der Waals surface area contributed by atoms with Crippen LogP contribution in [-0.4, -0.2) is 29.7 Å². The molecule has 0 bridgehead atoms. The molecule has 0 aliphatic heterocycles. The van der Waals surface area contributed by atoms with Crippen molar-refractivity contribution in [1.29, 1.82) is 5.26 Å². The summed E-state index contributed by atoms with van der Waals surface area (Å²) in [6.45, 7) is 22.1. The zero-order valence-electron chi connectivity index (χ0n) is 20.4. The quantitative estimate of drug-likeness (QED) is 0.464. The standard InChI is InChI=1S/C7H9N3O.C7H12N2O.C7H12N2S/c1-7(2,3)6-10-9-5(4-8)11-6;2*1-5-8-6(9-10-5)7(2,3)4/h1-3H3;2*1-4H3. The third-order valence-corrected chi connectivity index (χ3v) is 4.18. The van der Waals surface area contributed by atoms with E-state index in [0.717, 1.165) is 16.7 Å². The molecule has 0 saturated carbocycles. The van der Waals surface area contributed by atoms with Gasteiger partial charge >= 0.3 is 5.89 Å². The smallest absolute Gasteiger partial charge is 0.321 e. The third kappa shape index (κ3) is 8.92. The first-order valence-electron chi connectivity index (χ1n) is 9.89. The molecule has 3 aromatic heterocycles. The second-order valence-corrected chi connectivity index (χ2v) is 11.0. The number of hydrogen-bond acceptors (Lipinski definition) is 10. The average Bonchev–Trinajstić information content (AvgIpc) is 3.33. The van der Waals surface area contributed by atoms with Gasteiger partial charge in [0, 0.05) is 23.2 Å². The van der Waals surface area contributed by atoms with Gasteiger partial charge in [-0.3, -0.25) is 0 Å². The maximum absolute atomic E-state index is 8.37. The minimum absolute atomic E-state index is 0.00222. The lowest BCUT2D eigenvalue weighted by Crippen LogP contribution is -2.13. The Balaban J connectivity index is 0.000000233. The Morgan fingerprint density at radius 1 is 0.806 bits per heavy atom. The molecule has 3 rings (SSSR count). The van der Waals surface area contributed by atoms with Gasteiger partial charge < -0.3 is 8.94 Å². The first-order chi connectivity index (χ1) is 14.0. The summed E-state index contributed by atoms with van der Waals surface area (Å²) in [5.41, 5.74) is -0.0788. The van der Waals surface area contributed by atoms with Gasteiger partial charge in [-0.25, -0.2) is 4.98 Å². The minimum Gasteiger partial charge on any atom is -0.412 e. The highest BCUT2D eigenvalue weighted by atomic mass is 32.1. The maximum Gasteiger partial charge on any atom is 0.321 e. The molecule has 0 aliphatic rings. The number of hydrogen-bond donors (Lipinski definition) is 0. The molecule has 0 saturated heterocycles. The summed E-state index contributed by atoms with van der Waals surface area (Å²) in [6.07, 6.45) is 0. The Hall–Kier alpha value is -2.67. The number of aromatic nitrogens is 6. The predicted octanol–water partition coefficient (Wildman–Crippen LogP) is 5.06. The third-order valence-electron chi connectivity index (χ3n) is 3.56. The molecule has 10 heteroatoms. The first-order valence-corrected chi connectivity index (χ1v) is 10.7. The van der Waals surface area contributed by atoms with Crippen molar-refractivity contribution < 1.29 is 8.94 Å². The highest BCUT2D eigenvalue weighted by Gasteiger charge is 2.21. The van der Waals surface area contributed by atoms with Crippen molar-refractivity contribution in [3.8, 4) is 6.07 Å². The van der Waals surface area contributed by atoms with Crippen molar-refractivity contribution in [1.82, 2.24) is 29.7 Å². The average molecular weight is 448 g/mol. The number of aryl methyl sites for hydroxylation is 2. The van der Waals surface area contributed by atoms with Crippen molar-refractivity contribution in [3.63, 3.8) is 0 Å². The molecule has 9 nitrogen and oxygen atoms in total. The Morgan fingerprint density at radius 2 is 1.39 bits per heavy atom. The van der Waals surface area contributed by atoms with Crippen LogP contribution in [0.2, 0.25) is 0 Å². The van der Waals surface area contributed by atoms with E-state index in [-0.39, 0.29) is 22.1 Å². The molecule has 0 aromatic carbocycles. The van der Waals surface area contributed by atoms with Crippen LogP contribution in [0.15, 0.2) is 8.94 Å². The maximum atomic E-state index is 8.37. The van der Waals surface area contributed by atoms with Gasteiger partial charge in [-0.05, 0) is 18.5 Å². The molecule has 3 aromatic rings. The fraction of sp³-hybridized carbons (Fsp3) is 0.667. The Morgan fingerprint density at radius 3 is 1.61 bits per heavy atom. The Labute approximate surface area is 188 Å². The number of rotatable bonds is 0. The lowest BCUT2D eigenvalue weighted by atomic mass is 9.96. The van der Waals surface area contributed by atoms with Crippen LogP contribution in [0.3, 0.4) is 0 Å². The second kappa shape index (κ2) is 10.1. The van der Waals surface area contributed by atoms with E-state index in [4.69, 9.17) is 14.2 Å². The summed E-state index contributed by atoms with van der Waals surface area (Å²) in [5.74, 6) is 2.87. The molecule has 0 radical (unpaired) electrons. The van der Waals surface area contributed by atoms with Crippen LogP contribution >= 0.6 is 11.5 Å². The van der Waals surface area contributed by atoms with Gasteiger partial charge in [0.25, 0.3) is 0 Å². The summed E-state index contributed by atoms with van der Waals surface area (Å²) in [4.78, 5) is 8.39. The molecule has 31 heavy (non-hydrogen) atoms. The number of nitrogens with zero attached hydrogens (tertiary/aromatic N) is 7. The van der Waals surface area contributed by atoms with E-state index in [1.165, 1.54) is 11.5 Å². The zero-order chi connectivity index (χ0) is 24.0. The van der Waals surface area contributed by atoms with Crippen molar-refractivity contribution in [3.05, 3.63) is 34.3 Å². The van der Waals surface area contributed by atoms with Crippen LogP contribution < -0.4 is 0 Å². The first kappa shape index (κ1) is 26.4. The van der Waals surface area contributed by atoms with Crippen LogP contribution in [0.4, 0.5) is 0 Å². The monoisotopic (exact) mass is 447 g/mol. The fourth-order valence-electron chi connectivity index (χ4n) is 1.78. The molecule has 0 fully saturated rings. The topological polar surface area (TPSA) is 127 Å². The molecule has 0 unspecified atom stereocenters. The molecule has 0 spiro atoms. The highest BCUT2D eigenvalue weighted by molar-refractivity contribution is 7.05. The van der Waals surface area contributed by atoms with Crippen molar-refractivity contribution in [2.75, 3.05) is 0 Å². The van der Waals surface area contributed by atoms with E-state index in [2.05, 4.69) is 71.2 Å². The molecule has 0 aliphatic carbocycles. The molecule has 0 amide bonds. The lowest BCUT2D eigenvalue weighted by molar-refractivity contribution is 0.375. The van der Waals surface area contributed by atoms with E-state index in [1.807, 2.05) is 27.7 Å². The van der Waals surface area contributed by atoms with Gasteiger partial charge in [0.05, 0.1) is 0 Å². The van der Waals surface area contributed by atoms with Crippen LogP contribution in [0, 0.1) is 25.2 Å². The molecule has 170 valence electrons. The summed E-state index contributed by atoms with van der Waals surface area (Å²) < 4.78 is 14.1. The van der Waals surface area contributed by atoms with Gasteiger partial charge in [-0.1, -0.05) is 72.6 Å². The highest BCUT2D eigenvalue weighted by Crippen LogP contribution is 2.20. The number of nitriles is 1. The van der Waals surface area contributed by atoms with Gasteiger partial charge in [-0.15, -0.1) is 5.10 Å². The Bertz CT molecular complexity index is 942. The summed E-state index contributed by atoms with van der Waals surface area (Å²) in [5, 5.41) is 20.5. The van der Waals surface area contributed by atoms with E-state index >= 15 is 0 Å². The summed E-state index contributed by atoms with van der Waals surface area (Å²) in [7, 11) is 0. The minimum atomic E-state index is -0.178. The second-order valence-electron chi connectivity index (χ2n) is 10.0. The van der Waals surface area contributed by atoms with Crippen molar-refractivity contribution in [2.45, 2.75) is 92.4 Å². The van der Waals surface area contributed by atoms with E-state index in [9.17, 15) is 0 Å². The largest absolute Gasteiger partial charge is 0.412 e. The van der Waals surface area contributed by atoms with Crippen molar-refractivity contribution in [2.24, 2.45) is 0 Å². The normalized spacial score (nSPS) is 11.7. The molecular formula is C21H33N7O2S. The Kier molecular flexibility index (Phi) is 8.58. The van der Waals surface area contributed by atoms with Gasteiger partial charge in [-0.2, -0.15) is 14.6 Å². The fourth-order valence-corrected chi connectivity index (χ4v) is 2.44. The van der Waals surface area contributed by atoms with Crippen LogP contribution in [0.1, 0.15) is 96.6 Å².